The van der Waals surface area contributed by atoms with E-state index < -0.39 is 16.0 Å². The van der Waals surface area contributed by atoms with Crippen LogP contribution < -0.4 is 10.0 Å². The van der Waals surface area contributed by atoms with Gasteiger partial charge >= 0.3 is 5.97 Å². The van der Waals surface area contributed by atoms with Crippen molar-refractivity contribution >= 4 is 21.7 Å². The fourth-order valence-corrected chi connectivity index (χ4v) is 3.78. The molecule has 7 nitrogen and oxygen atoms in total. The van der Waals surface area contributed by atoms with E-state index in [9.17, 15) is 13.2 Å². The highest BCUT2D eigenvalue weighted by molar-refractivity contribution is 7.89. The molecule has 1 heterocycles. The van der Waals surface area contributed by atoms with Crippen LogP contribution in [-0.4, -0.2) is 45.3 Å². The Morgan fingerprint density at radius 2 is 2.21 bits per heavy atom. The van der Waals surface area contributed by atoms with Gasteiger partial charge in [0.05, 0.1) is 17.4 Å². The first-order valence-corrected chi connectivity index (χ1v) is 9.65. The van der Waals surface area contributed by atoms with E-state index in [2.05, 4.69) is 10.0 Å². The zero-order valence-corrected chi connectivity index (χ0v) is 14.6. The first-order chi connectivity index (χ1) is 11.4. The van der Waals surface area contributed by atoms with E-state index in [0.717, 1.165) is 25.7 Å². The number of aromatic carboxylic acids is 1. The second kappa shape index (κ2) is 8.46. The number of hydrogen-bond acceptors (Lipinski definition) is 5. The van der Waals surface area contributed by atoms with Gasteiger partial charge < -0.3 is 15.2 Å². The van der Waals surface area contributed by atoms with Crippen LogP contribution in [0.3, 0.4) is 0 Å². The molecule has 0 radical (unpaired) electrons. The van der Waals surface area contributed by atoms with Gasteiger partial charge in [0.15, 0.2) is 0 Å². The lowest BCUT2D eigenvalue weighted by molar-refractivity contribution is 0.0696. The molecule has 1 aromatic carbocycles. The number of rotatable bonds is 9. The largest absolute Gasteiger partial charge is 0.478 e. The SMILES string of the molecule is CCCCNc1ccc(C(=O)O)cc1S(=O)(=O)NCC1CCCO1. The minimum Gasteiger partial charge on any atom is -0.478 e. The molecule has 0 saturated carbocycles. The van der Waals surface area contributed by atoms with Crippen molar-refractivity contribution in [1.29, 1.82) is 0 Å². The second-order valence-corrected chi connectivity index (χ2v) is 7.52. The Kier molecular flexibility index (Phi) is 6.59. The molecule has 1 fully saturated rings. The van der Waals surface area contributed by atoms with Gasteiger partial charge in [-0.2, -0.15) is 0 Å². The molecule has 8 heteroatoms. The van der Waals surface area contributed by atoms with E-state index in [-0.39, 0.29) is 23.1 Å². The van der Waals surface area contributed by atoms with Crippen LogP contribution in [0.1, 0.15) is 43.0 Å². The van der Waals surface area contributed by atoms with Crippen molar-refractivity contribution in [3.8, 4) is 0 Å². The Balaban J connectivity index is 2.21. The highest BCUT2D eigenvalue weighted by atomic mass is 32.2. The maximum Gasteiger partial charge on any atom is 0.335 e. The summed E-state index contributed by atoms with van der Waals surface area (Å²) < 4.78 is 33.2. The molecular formula is C16H24N2O5S. The first kappa shape index (κ1) is 18.7. The molecule has 3 N–H and O–H groups in total. The fourth-order valence-electron chi connectivity index (χ4n) is 2.51. The predicted octanol–water partition coefficient (Wildman–Crippen LogP) is 2.05. The second-order valence-electron chi connectivity index (χ2n) is 5.78. The highest BCUT2D eigenvalue weighted by Crippen LogP contribution is 2.23. The van der Waals surface area contributed by atoms with Crippen LogP contribution in [0.25, 0.3) is 0 Å². The van der Waals surface area contributed by atoms with E-state index in [1.807, 2.05) is 6.92 Å². The Morgan fingerprint density at radius 3 is 2.83 bits per heavy atom. The highest BCUT2D eigenvalue weighted by Gasteiger charge is 2.23. The number of sulfonamides is 1. The van der Waals surface area contributed by atoms with Gasteiger partial charge in [-0.25, -0.2) is 17.9 Å². The zero-order valence-electron chi connectivity index (χ0n) is 13.7. The van der Waals surface area contributed by atoms with Crippen LogP contribution in [0.2, 0.25) is 0 Å². The number of carbonyl (C=O) groups is 1. The smallest absolute Gasteiger partial charge is 0.335 e. The normalized spacial score (nSPS) is 17.8. The molecule has 1 atom stereocenters. The lowest BCUT2D eigenvalue weighted by atomic mass is 10.2. The zero-order chi connectivity index (χ0) is 17.6. The van der Waals surface area contributed by atoms with Crippen LogP contribution in [0.5, 0.6) is 0 Å². The maximum atomic E-state index is 12.6. The molecule has 1 aliphatic heterocycles. The van der Waals surface area contributed by atoms with Crippen molar-refractivity contribution in [1.82, 2.24) is 4.72 Å². The minimum absolute atomic E-state index is 0.0449. The molecule has 1 saturated heterocycles. The summed E-state index contributed by atoms with van der Waals surface area (Å²) in [4.78, 5) is 11.1. The number of carboxylic acid groups (broad SMARTS) is 1. The summed E-state index contributed by atoms with van der Waals surface area (Å²) in [5, 5.41) is 12.2. The van der Waals surface area contributed by atoms with Crippen molar-refractivity contribution in [3.63, 3.8) is 0 Å². The number of hydrogen-bond donors (Lipinski definition) is 3. The molecule has 0 spiro atoms. The monoisotopic (exact) mass is 356 g/mol. The van der Waals surface area contributed by atoms with Crippen LogP contribution in [0.15, 0.2) is 23.1 Å². The fraction of sp³-hybridized carbons (Fsp3) is 0.562. The average molecular weight is 356 g/mol. The summed E-state index contributed by atoms with van der Waals surface area (Å²) in [6, 6.07) is 4.09. The van der Waals surface area contributed by atoms with Gasteiger partial charge in [-0.1, -0.05) is 13.3 Å². The van der Waals surface area contributed by atoms with Crippen molar-refractivity contribution < 1.29 is 23.1 Å². The number of unbranched alkanes of at least 4 members (excludes halogenated alkanes) is 1. The minimum atomic E-state index is -3.83. The summed E-state index contributed by atoms with van der Waals surface area (Å²) in [7, 11) is -3.83. The van der Waals surface area contributed by atoms with Crippen molar-refractivity contribution in [2.75, 3.05) is 25.0 Å². The van der Waals surface area contributed by atoms with Gasteiger partial charge in [-0.15, -0.1) is 0 Å². The summed E-state index contributed by atoms with van der Waals surface area (Å²) in [5.41, 5.74) is 0.349. The van der Waals surface area contributed by atoms with Crippen LogP contribution in [-0.2, 0) is 14.8 Å². The summed E-state index contributed by atoms with van der Waals surface area (Å²) in [5.74, 6) is -1.16. The van der Waals surface area contributed by atoms with Gasteiger partial charge in [0.25, 0.3) is 0 Å². The quantitative estimate of drug-likeness (QED) is 0.585. The van der Waals surface area contributed by atoms with Crippen LogP contribution >= 0.6 is 0 Å². The number of nitrogens with one attached hydrogen (secondary N) is 2. The Labute approximate surface area is 142 Å². The first-order valence-electron chi connectivity index (χ1n) is 8.16. The van der Waals surface area contributed by atoms with Crippen molar-refractivity contribution in [3.05, 3.63) is 23.8 Å². The molecule has 2 rings (SSSR count). The standard InChI is InChI=1S/C16H24N2O5S/c1-2-3-8-17-14-7-6-12(16(19)20)10-15(14)24(21,22)18-11-13-5-4-9-23-13/h6-7,10,13,17-18H,2-5,8-9,11H2,1H3,(H,19,20). The number of ether oxygens (including phenoxy) is 1. The topological polar surface area (TPSA) is 105 Å². The van der Waals surface area contributed by atoms with Gasteiger partial charge in [0, 0.05) is 19.7 Å². The van der Waals surface area contributed by atoms with E-state index in [1.165, 1.54) is 18.2 Å². The van der Waals surface area contributed by atoms with E-state index in [1.54, 1.807) is 0 Å². The van der Waals surface area contributed by atoms with Gasteiger partial charge in [0.2, 0.25) is 10.0 Å². The molecule has 0 bridgehead atoms. The van der Waals surface area contributed by atoms with Crippen molar-refractivity contribution in [2.45, 2.75) is 43.6 Å². The molecule has 0 amide bonds. The summed E-state index contributed by atoms with van der Waals surface area (Å²) >= 11 is 0. The Hall–Kier alpha value is -1.64. The Morgan fingerprint density at radius 1 is 1.42 bits per heavy atom. The molecule has 24 heavy (non-hydrogen) atoms. The van der Waals surface area contributed by atoms with Crippen LogP contribution in [0, 0.1) is 0 Å². The average Bonchev–Trinajstić information content (AvgIpc) is 3.07. The third-order valence-electron chi connectivity index (χ3n) is 3.89. The third-order valence-corrected chi connectivity index (χ3v) is 5.35. The number of anilines is 1. The molecule has 134 valence electrons. The number of carboxylic acids is 1. The summed E-state index contributed by atoms with van der Waals surface area (Å²) in [6.07, 6.45) is 3.48. The van der Waals surface area contributed by atoms with E-state index in [0.29, 0.717) is 18.8 Å². The molecule has 1 unspecified atom stereocenters. The summed E-state index contributed by atoms with van der Waals surface area (Å²) in [6.45, 7) is 3.49. The molecule has 1 aromatic rings. The third kappa shape index (κ3) is 4.93. The van der Waals surface area contributed by atoms with Crippen molar-refractivity contribution in [2.24, 2.45) is 0 Å². The lowest BCUT2D eigenvalue weighted by Crippen LogP contribution is -2.32. The van der Waals surface area contributed by atoms with E-state index >= 15 is 0 Å². The van der Waals surface area contributed by atoms with Gasteiger partial charge in [-0.3, -0.25) is 0 Å². The maximum absolute atomic E-state index is 12.6. The molecular weight excluding hydrogens is 332 g/mol. The van der Waals surface area contributed by atoms with E-state index in [4.69, 9.17) is 9.84 Å². The Bertz CT molecular complexity index is 669. The van der Waals surface area contributed by atoms with Gasteiger partial charge in [-0.05, 0) is 37.5 Å². The predicted molar refractivity (Wildman–Crippen MR) is 91.0 cm³/mol. The molecule has 1 aliphatic rings. The molecule has 0 aliphatic carbocycles. The lowest BCUT2D eigenvalue weighted by Gasteiger charge is -2.15. The molecule has 0 aromatic heterocycles. The van der Waals surface area contributed by atoms with Gasteiger partial charge in [0.1, 0.15) is 4.90 Å². The number of benzene rings is 1. The van der Waals surface area contributed by atoms with Crippen LogP contribution in [0.4, 0.5) is 5.69 Å².